The van der Waals surface area contributed by atoms with Crippen LogP contribution < -0.4 is 15.4 Å². The lowest BCUT2D eigenvalue weighted by Crippen LogP contribution is -2.47. The molecule has 3 rings (SSSR count). The lowest BCUT2D eigenvalue weighted by Gasteiger charge is -2.37. The zero-order chi connectivity index (χ0) is 19.0. The standard InChI is InChI=1S/C22H28N2O3.ClH/c1-26-17-22(10-12-23-13-11-22)16-24-21(25)19-8-5-9-20(14-19)27-15-18-6-3-2-4-7-18;/h2-9,14,23H,10-13,15-17H2,1H3,(H,24,25);1H. The first kappa shape index (κ1) is 22.2. The van der Waals surface area contributed by atoms with Crippen LogP contribution in [0.15, 0.2) is 54.6 Å². The molecular formula is C22H29ClN2O3. The quantitative estimate of drug-likeness (QED) is 0.707. The molecule has 1 saturated heterocycles. The minimum atomic E-state index is -0.0748. The zero-order valence-corrected chi connectivity index (χ0v) is 17.1. The van der Waals surface area contributed by atoms with Crippen LogP contribution in [0.1, 0.15) is 28.8 Å². The van der Waals surface area contributed by atoms with E-state index in [2.05, 4.69) is 10.6 Å². The third-order valence-electron chi connectivity index (χ3n) is 5.08. The van der Waals surface area contributed by atoms with E-state index in [0.29, 0.717) is 31.1 Å². The lowest BCUT2D eigenvalue weighted by molar-refractivity contribution is 0.0511. The van der Waals surface area contributed by atoms with Crippen LogP contribution in [0.3, 0.4) is 0 Å². The second-order valence-corrected chi connectivity index (χ2v) is 7.17. The number of carbonyl (C=O) groups is 1. The highest BCUT2D eigenvalue weighted by Crippen LogP contribution is 2.28. The highest BCUT2D eigenvalue weighted by molar-refractivity contribution is 5.94. The number of rotatable bonds is 8. The molecule has 0 bridgehead atoms. The maximum absolute atomic E-state index is 12.6. The van der Waals surface area contributed by atoms with Gasteiger partial charge in [-0.15, -0.1) is 12.4 Å². The van der Waals surface area contributed by atoms with Crippen LogP contribution in [0, 0.1) is 5.41 Å². The van der Waals surface area contributed by atoms with Gasteiger partial charge < -0.3 is 20.1 Å². The fourth-order valence-electron chi connectivity index (χ4n) is 3.47. The molecule has 1 heterocycles. The summed E-state index contributed by atoms with van der Waals surface area (Å²) in [6, 6.07) is 17.3. The summed E-state index contributed by atoms with van der Waals surface area (Å²) >= 11 is 0. The van der Waals surface area contributed by atoms with E-state index in [4.69, 9.17) is 9.47 Å². The molecule has 0 aromatic heterocycles. The number of methoxy groups -OCH3 is 1. The van der Waals surface area contributed by atoms with Gasteiger partial charge in [0.15, 0.2) is 0 Å². The summed E-state index contributed by atoms with van der Waals surface area (Å²) in [5.74, 6) is 0.620. The molecule has 2 aromatic rings. The molecule has 28 heavy (non-hydrogen) atoms. The van der Waals surface area contributed by atoms with Gasteiger partial charge in [0.2, 0.25) is 0 Å². The Morgan fingerprint density at radius 2 is 1.86 bits per heavy atom. The van der Waals surface area contributed by atoms with Gasteiger partial charge in [0.25, 0.3) is 5.91 Å². The number of benzene rings is 2. The topological polar surface area (TPSA) is 59.6 Å². The maximum Gasteiger partial charge on any atom is 0.251 e. The molecule has 2 N–H and O–H groups in total. The Morgan fingerprint density at radius 1 is 1.11 bits per heavy atom. The molecule has 0 atom stereocenters. The van der Waals surface area contributed by atoms with Gasteiger partial charge in [-0.25, -0.2) is 0 Å². The number of carbonyl (C=O) groups excluding carboxylic acids is 1. The molecule has 0 unspecified atom stereocenters. The molecule has 6 heteroatoms. The largest absolute Gasteiger partial charge is 0.489 e. The highest BCUT2D eigenvalue weighted by Gasteiger charge is 2.32. The predicted molar refractivity (Wildman–Crippen MR) is 113 cm³/mol. The summed E-state index contributed by atoms with van der Waals surface area (Å²) in [4.78, 5) is 12.6. The van der Waals surface area contributed by atoms with Gasteiger partial charge in [0.1, 0.15) is 12.4 Å². The third-order valence-corrected chi connectivity index (χ3v) is 5.08. The first-order chi connectivity index (χ1) is 13.2. The van der Waals surface area contributed by atoms with Crippen LogP contribution in [0.4, 0.5) is 0 Å². The molecule has 0 radical (unpaired) electrons. The number of piperidine rings is 1. The van der Waals surface area contributed by atoms with Gasteiger partial charge in [-0.3, -0.25) is 4.79 Å². The monoisotopic (exact) mass is 404 g/mol. The third kappa shape index (κ3) is 6.23. The molecule has 0 saturated carbocycles. The van der Waals surface area contributed by atoms with Crippen LogP contribution in [0.25, 0.3) is 0 Å². The summed E-state index contributed by atoms with van der Waals surface area (Å²) < 4.78 is 11.2. The van der Waals surface area contributed by atoms with E-state index in [9.17, 15) is 4.79 Å². The van der Waals surface area contributed by atoms with Crippen molar-refractivity contribution in [2.75, 3.05) is 33.4 Å². The van der Waals surface area contributed by atoms with Crippen molar-refractivity contribution in [2.24, 2.45) is 5.41 Å². The van der Waals surface area contributed by atoms with Gasteiger partial charge in [-0.1, -0.05) is 36.4 Å². The SMILES string of the molecule is COCC1(CNC(=O)c2cccc(OCc3ccccc3)c2)CCNCC1.Cl. The minimum Gasteiger partial charge on any atom is -0.489 e. The van der Waals surface area contributed by atoms with Crippen LogP contribution in [-0.2, 0) is 11.3 Å². The molecular weight excluding hydrogens is 376 g/mol. The second kappa shape index (κ2) is 11.1. The number of halogens is 1. The van der Waals surface area contributed by atoms with Crippen molar-refractivity contribution in [3.8, 4) is 5.75 Å². The highest BCUT2D eigenvalue weighted by atomic mass is 35.5. The van der Waals surface area contributed by atoms with E-state index in [1.54, 1.807) is 13.2 Å². The molecule has 1 aliphatic heterocycles. The Balaban J connectivity index is 0.00000280. The number of hydrogen-bond acceptors (Lipinski definition) is 4. The van der Waals surface area contributed by atoms with E-state index in [0.717, 1.165) is 31.5 Å². The number of hydrogen-bond donors (Lipinski definition) is 2. The lowest BCUT2D eigenvalue weighted by atomic mass is 9.79. The Hall–Kier alpha value is -2.08. The second-order valence-electron chi connectivity index (χ2n) is 7.17. The number of amides is 1. The Kier molecular flexibility index (Phi) is 8.77. The average Bonchev–Trinajstić information content (AvgIpc) is 2.72. The smallest absolute Gasteiger partial charge is 0.251 e. The van der Waals surface area contributed by atoms with Gasteiger partial charge in [-0.05, 0) is 49.7 Å². The van der Waals surface area contributed by atoms with Crippen molar-refractivity contribution in [1.82, 2.24) is 10.6 Å². The van der Waals surface area contributed by atoms with Crippen molar-refractivity contribution >= 4 is 18.3 Å². The molecule has 0 spiro atoms. The fourth-order valence-corrected chi connectivity index (χ4v) is 3.47. The van der Waals surface area contributed by atoms with Crippen molar-refractivity contribution in [3.05, 3.63) is 65.7 Å². The Labute approximate surface area is 173 Å². The summed E-state index contributed by atoms with van der Waals surface area (Å²) in [6.07, 6.45) is 2.00. The molecule has 152 valence electrons. The van der Waals surface area contributed by atoms with Crippen LogP contribution in [-0.4, -0.2) is 39.3 Å². The molecule has 5 nitrogen and oxygen atoms in total. The van der Waals surface area contributed by atoms with Crippen LogP contribution >= 0.6 is 12.4 Å². The van der Waals surface area contributed by atoms with Gasteiger partial charge in [-0.2, -0.15) is 0 Å². The first-order valence-electron chi connectivity index (χ1n) is 9.45. The number of nitrogens with one attached hydrogen (secondary N) is 2. The van der Waals surface area contributed by atoms with Gasteiger partial charge >= 0.3 is 0 Å². The molecule has 1 fully saturated rings. The van der Waals surface area contributed by atoms with Gasteiger partial charge in [0, 0.05) is 24.6 Å². The molecule has 1 aliphatic rings. The maximum atomic E-state index is 12.6. The summed E-state index contributed by atoms with van der Waals surface area (Å²) in [5, 5.41) is 6.46. The summed E-state index contributed by atoms with van der Waals surface area (Å²) in [5.41, 5.74) is 1.72. The van der Waals surface area contributed by atoms with Crippen molar-refractivity contribution in [3.63, 3.8) is 0 Å². The van der Waals surface area contributed by atoms with E-state index in [1.165, 1.54) is 0 Å². The Morgan fingerprint density at radius 3 is 2.57 bits per heavy atom. The van der Waals surface area contributed by atoms with E-state index >= 15 is 0 Å². The summed E-state index contributed by atoms with van der Waals surface area (Å²) in [7, 11) is 1.72. The van der Waals surface area contributed by atoms with Crippen LogP contribution in [0.2, 0.25) is 0 Å². The summed E-state index contributed by atoms with van der Waals surface area (Å²) in [6.45, 7) is 3.69. The normalized spacial score (nSPS) is 15.3. The van der Waals surface area contributed by atoms with Crippen molar-refractivity contribution in [2.45, 2.75) is 19.4 Å². The van der Waals surface area contributed by atoms with E-state index in [-0.39, 0.29) is 23.7 Å². The van der Waals surface area contributed by atoms with Crippen molar-refractivity contribution in [1.29, 1.82) is 0 Å². The van der Waals surface area contributed by atoms with Crippen LogP contribution in [0.5, 0.6) is 5.75 Å². The molecule has 0 aliphatic carbocycles. The minimum absolute atomic E-state index is 0. The fraction of sp³-hybridized carbons (Fsp3) is 0.409. The molecule has 2 aromatic carbocycles. The Bertz CT molecular complexity index is 728. The van der Waals surface area contributed by atoms with E-state index in [1.807, 2.05) is 48.5 Å². The van der Waals surface area contributed by atoms with Crippen molar-refractivity contribution < 1.29 is 14.3 Å². The predicted octanol–water partition coefficient (Wildman–Crippen LogP) is 3.43. The zero-order valence-electron chi connectivity index (χ0n) is 16.3. The number of ether oxygens (including phenoxy) is 2. The van der Waals surface area contributed by atoms with E-state index < -0.39 is 0 Å². The molecule has 1 amide bonds. The first-order valence-corrected chi connectivity index (χ1v) is 9.45. The average molecular weight is 405 g/mol. The van der Waals surface area contributed by atoms with Gasteiger partial charge in [0.05, 0.1) is 6.61 Å².